The molecule has 2 aromatic rings. The summed E-state index contributed by atoms with van der Waals surface area (Å²) >= 11 is 6.67. The summed E-state index contributed by atoms with van der Waals surface area (Å²) in [6, 6.07) is 14.2. The van der Waals surface area contributed by atoms with Crippen molar-refractivity contribution >= 4 is 37.8 Å². The third-order valence-corrected chi connectivity index (χ3v) is 6.33. The van der Waals surface area contributed by atoms with E-state index in [4.69, 9.17) is 0 Å². The molecule has 0 spiro atoms. The number of nitrogens with zero attached hydrogens (tertiary/aromatic N) is 2. The van der Waals surface area contributed by atoms with Crippen molar-refractivity contribution < 1.29 is 9.90 Å². The highest BCUT2D eigenvalue weighted by atomic mass is 79.9. The fourth-order valence-electron chi connectivity index (χ4n) is 4.35. The largest absolute Gasteiger partial charge is 0.481 e. The van der Waals surface area contributed by atoms with Crippen LogP contribution in [0, 0.1) is 28.1 Å². The number of carboxylic acid groups (broad SMARTS) is 1. The van der Waals surface area contributed by atoms with E-state index in [9.17, 15) is 15.2 Å². The summed E-state index contributed by atoms with van der Waals surface area (Å²) in [6.07, 6.45) is 5.65. The number of hydrogen-bond acceptors (Lipinski definition) is 2. The van der Waals surface area contributed by atoms with Crippen molar-refractivity contribution in [2.24, 2.45) is 16.7 Å². The number of benzene rings is 1. The Kier molecular flexibility index (Phi) is 5.38. The SMILES string of the molecule is CC1(C)[C@H](C=C(Br)Br)[C@@]1(C(=O)O)C(C#N)c1ccn(Cc2ccccc2)c1. The number of hydrogen-bond donors (Lipinski definition) is 1. The first-order valence-corrected chi connectivity index (χ1v) is 10.2. The molecule has 3 rings (SSSR count). The summed E-state index contributed by atoms with van der Waals surface area (Å²) in [5, 5.41) is 20.0. The second kappa shape index (κ2) is 7.29. The highest BCUT2D eigenvalue weighted by molar-refractivity contribution is 9.28. The van der Waals surface area contributed by atoms with Crippen LogP contribution in [-0.2, 0) is 11.3 Å². The van der Waals surface area contributed by atoms with Crippen LogP contribution < -0.4 is 0 Å². The van der Waals surface area contributed by atoms with Gasteiger partial charge in [0.1, 0.15) is 5.41 Å². The summed E-state index contributed by atoms with van der Waals surface area (Å²) < 4.78 is 2.69. The lowest BCUT2D eigenvalue weighted by Crippen LogP contribution is -2.28. The molecule has 0 saturated heterocycles. The number of allylic oxidation sites excluding steroid dienone is 1. The van der Waals surface area contributed by atoms with Gasteiger partial charge in [-0.15, -0.1) is 0 Å². The molecule has 27 heavy (non-hydrogen) atoms. The van der Waals surface area contributed by atoms with Gasteiger partial charge in [0, 0.05) is 24.9 Å². The maximum Gasteiger partial charge on any atom is 0.312 e. The molecule has 0 bridgehead atoms. The number of carbonyl (C=O) groups is 1. The third kappa shape index (κ3) is 3.28. The van der Waals surface area contributed by atoms with Crippen LogP contribution in [-0.4, -0.2) is 15.6 Å². The van der Waals surface area contributed by atoms with Crippen molar-refractivity contribution in [1.29, 1.82) is 5.26 Å². The molecule has 1 heterocycles. The second-order valence-electron chi connectivity index (χ2n) is 7.49. The van der Waals surface area contributed by atoms with E-state index in [-0.39, 0.29) is 5.92 Å². The highest BCUT2D eigenvalue weighted by Gasteiger charge is 2.78. The Bertz CT molecular complexity index is 923. The summed E-state index contributed by atoms with van der Waals surface area (Å²) in [4.78, 5) is 12.3. The molecule has 1 aliphatic carbocycles. The van der Waals surface area contributed by atoms with Gasteiger partial charge in [-0.25, -0.2) is 0 Å². The first kappa shape index (κ1) is 19.9. The maximum atomic E-state index is 12.3. The highest BCUT2D eigenvalue weighted by Crippen LogP contribution is 2.75. The van der Waals surface area contributed by atoms with Crippen LogP contribution >= 0.6 is 31.9 Å². The second-order valence-corrected chi connectivity index (χ2v) is 10.3. The minimum atomic E-state index is -1.16. The number of aliphatic carboxylic acids is 1. The molecule has 6 heteroatoms. The Morgan fingerprint density at radius 3 is 2.56 bits per heavy atom. The van der Waals surface area contributed by atoms with E-state index in [0.717, 1.165) is 11.1 Å². The van der Waals surface area contributed by atoms with Crippen LogP contribution in [0.15, 0.2) is 58.3 Å². The molecule has 140 valence electrons. The van der Waals surface area contributed by atoms with Crippen LogP contribution in [0.25, 0.3) is 0 Å². The maximum absolute atomic E-state index is 12.3. The van der Waals surface area contributed by atoms with Crippen LogP contribution in [0.5, 0.6) is 0 Å². The average Bonchev–Trinajstić information content (AvgIpc) is 2.92. The molecule has 0 aliphatic heterocycles. The number of nitriles is 1. The Balaban J connectivity index is 1.96. The predicted octanol–water partition coefficient (Wildman–Crippen LogP) is 5.50. The molecule has 1 aromatic heterocycles. The molecule has 1 unspecified atom stereocenters. The van der Waals surface area contributed by atoms with Gasteiger partial charge in [0.25, 0.3) is 0 Å². The summed E-state index contributed by atoms with van der Waals surface area (Å²) in [5.41, 5.74) is 0.198. The number of aromatic nitrogens is 1. The molecule has 1 saturated carbocycles. The minimum absolute atomic E-state index is 0.252. The zero-order chi connectivity index (χ0) is 19.8. The first-order chi connectivity index (χ1) is 12.7. The molecule has 1 N–H and O–H groups in total. The molecule has 0 amide bonds. The van der Waals surface area contributed by atoms with Crippen LogP contribution in [0.4, 0.5) is 0 Å². The number of halogens is 2. The molecule has 1 aromatic carbocycles. The molecular formula is C21H20Br2N2O2. The van der Waals surface area contributed by atoms with Gasteiger partial charge >= 0.3 is 5.97 Å². The monoisotopic (exact) mass is 490 g/mol. The predicted molar refractivity (Wildman–Crippen MR) is 112 cm³/mol. The van der Waals surface area contributed by atoms with Gasteiger partial charge in [0.05, 0.1) is 15.4 Å². The lowest BCUT2D eigenvalue weighted by atomic mass is 9.79. The molecular weight excluding hydrogens is 472 g/mol. The van der Waals surface area contributed by atoms with Crippen LogP contribution in [0.1, 0.15) is 30.9 Å². The Morgan fingerprint density at radius 2 is 2.00 bits per heavy atom. The topological polar surface area (TPSA) is 66.0 Å². The van der Waals surface area contributed by atoms with E-state index in [1.54, 1.807) is 0 Å². The zero-order valence-electron chi connectivity index (χ0n) is 15.1. The molecule has 4 nitrogen and oxygen atoms in total. The Morgan fingerprint density at radius 1 is 1.33 bits per heavy atom. The van der Waals surface area contributed by atoms with Crippen molar-refractivity contribution in [2.45, 2.75) is 26.3 Å². The van der Waals surface area contributed by atoms with E-state index >= 15 is 0 Å². The van der Waals surface area contributed by atoms with E-state index in [1.165, 1.54) is 0 Å². The van der Waals surface area contributed by atoms with Gasteiger partial charge in [-0.05, 0) is 54.5 Å². The van der Waals surface area contributed by atoms with E-state index in [2.05, 4.69) is 37.9 Å². The fourth-order valence-corrected chi connectivity index (χ4v) is 4.88. The van der Waals surface area contributed by atoms with Gasteiger partial charge in [-0.3, -0.25) is 4.79 Å². The van der Waals surface area contributed by atoms with Crippen LogP contribution in [0.2, 0.25) is 0 Å². The van der Waals surface area contributed by atoms with Crippen molar-refractivity contribution in [1.82, 2.24) is 4.57 Å². The quantitative estimate of drug-likeness (QED) is 0.579. The summed E-state index contributed by atoms with van der Waals surface area (Å²) in [5.74, 6) is -1.92. The van der Waals surface area contributed by atoms with E-state index in [1.807, 2.05) is 73.3 Å². The van der Waals surface area contributed by atoms with Crippen LogP contribution in [0.3, 0.4) is 0 Å². The molecule has 0 radical (unpaired) electrons. The van der Waals surface area contributed by atoms with Gasteiger partial charge < -0.3 is 9.67 Å². The minimum Gasteiger partial charge on any atom is -0.481 e. The van der Waals surface area contributed by atoms with Crippen molar-refractivity contribution in [2.75, 3.05) is 0 Å². The normalized spacial score (nSPS) is 23.9. The average molecular weight is 492 g/mol. The van der Waals surface area contributed by atoms with E-state index < -0.39 is 22.7 Å². The van der Waals surface area contributed by atoms with Gasteiger partial charge in [-0.1, -0.05) is 50.3 Å². The van der Waals surface area contributed by atoms with Gasteiger partial charge in [-0.2, -0.15) is 5.26 Å². The lowest BCUT2D eigenvalue weighted by molar-refractivity contribution is -0.145. The van der Waals surface area contributed by atoms with E-state index in [0.29, 0.717) is 9.94 Å². The number of carboxylic acids is 1. The Hall–Kier alpha value is -1.84. The summed E-state index contributed by atoms with van der Waals surface area (Å²) in [6.45, 7) is 4.51. The first-order valence-electron chi connectivity index (χ1n) is 8.60. The van der Waals surface area contributed by atoms with Crippen molar-refractivity contribution in [3.8, 4) is 6.07 Å². The fraction of sp³-hybridized carbons (Fsp3) is 0.333. The van der Waals surface area contributed by atoms with Crippen molar-refractivity contribution in [3.63, 3.8) is 0 Å². The lowest BCUT2D eigenvalue weighted by Gasteiger charge is -2.20. The number of rotatable bonds is 6. The molecule has 1 fully saturated rings. The summed E-state index contributed by atoms with van der Waals surface area (Å²) in [7, 11) is 0. The van der Waals surface area contributed by atoms with Crippen molar-refractivity contribution in [3.05, 3.63) is 69.4 Å². The molecule has 3 atom stereocenters. The molecule has 1 aliphatic rings. The third-order valence-electron chi connectivity index (χ3n) is 5.80. The Labute approximate surface area is 175 Å². The standard InChI is InChI=1S/C21H20Br2N2O2/c1-20(2)17(10-18(22)23)21(20,19(26)27)16(11-24)15-8-9-25(13-15)12-14-6-4-3-5-7-14/h3-10,13,16-17H,12H2,1-2H3,(H,26,27)/t16?,17-,21+/m0/s1. The smallest absolute Gasteiger partial charge is 0.312 e. The zero-order valence-corrected chi connectivity index (χ0v) is 18.2. The van der Waals surface area contributed by atoms with Gasteiger partial charge in [0.2, 0.25) is 0 Å². The van der Waals surface area contributed by atoms with Gasteiger partial charge in [0.15, 0.2) is 0 Å².